The Morgan fingerprint density at radius 1 is 1.25 bits per heavy atom. The van der Waals surface area contributed by atoms with Gasteiger partial charge in [0, 0.05) is 24.8 Å². The maximum absolute atomic E-state index is 12.1. The molecule has 2 amide bonds. The normalized spacial score (nSPS) is 17.8. The van der Waals surface area contributed by atoms with Gasteiger partial charge in [0.2, 0.25) is 5.91 Å². The van der Waals surface area contributed by atoms with Crippen molar-refractivity contribution in [3.05, 3.63) is 24.3 Å². The van der Waals surface area contributed by atoms with Crippen LogP contribution in [0, 0.1) is 0 Å². The average Bonchev–Trinajstić information content (AvgIpc) is 2.87. The molecule has 1 aliphatic heterocycles. The lowest BCUT2D eigenvalue weighted by Gasteiger charge is -2.25. The third-order valence-corrected chi connectivity index (χ3v) is 3.68. The Balaban J connectivity index is 2.17. The molecule has 0 bridgehead atoms. The highest BCUT2D eigenvalue weighted by Gasteiger charge is 2.37. The Morgan fingerprint density at radius 2 is 1.83 bits per heavy atom. The SMILES string of the molecule is CN(C(=O)OC(C)(C)C)c1ccc(N2C(=O)CCC2C(=O)O)cc1. The van der Waals surface area contributed by atoms with Gasteiger partial charge in [-0.3, -0.25) is 14.6 Å². The van der Waals surface area contributed by atoms with Gasteiger partial charge in [0.1, 0.15) is 11.6 Å². The summed E-state index contributed by atoms with van der Waals surface area (Å²) in [7, 11) is 1.59. The number of amides is 2. The van der Waals surface area contributed by atoms with E-state index in [1.807, 2.05) is 0 Å². The first-order chi connectivity index (χ1) is 11.1. The second kappa shape index (κ2) is 6.51. The molecule has 1 saturated heterocycles. The van der Waals surface area contributed by atoms with E-state index < -0.39 is 23.7 Å². The summed E-state index contributed by atoms with van der Waals surface area (Å²) < 4.78 is 5.29. The van der Waals surface area contributed by atoms with Crippen molar-refractivity contribution in [2.45, 2.75) is 45.3 Å². The minimum absolute atomic E-state index is 0.212. The van der Waals surface area contributed by atoms with E-state index in [2.05, 4.69) is 0 Å². The lowest BCUT2D eigenvalue weighted by Crippen LogP contribution is -2.38. The van der Waals surface area contributed by atoms with Gasteiger partial charge >= 0.3 is 12.1 Å². The number of hydrogen-bond acceptors (Lipinski definition) is 4. The molecule has 0 spiro atoms. The quantitative estimate of drug-likeness (QED) is 0.918. The topological polar surface area (TPSA) is 87.2 Å². The number of carbonyl (C=O) groups is 3. The predicted molar refractivity (Wildman–Crippen MR) is 89.2 cm³/mol. The van der Waals surface area contributed by atoms with Gasteiger partial charge in [0.15, 0.2) is 0 Å². The zero-order valence-electron chi connectivity index (χ0n) is 14.3. The number of rotatable bonds is 3. The largest absolute Gasteiger partial charge is 0.480 e. The van der Waals surface area contributed by atoms with Crippen molar-refractivity contribution in [2.24, 2.45) is 0 Å². The molecule has 1 aromatic rings. The van der Waals surface area contributed by atoms with Crippen LogP contribution in [-0.4, -0.2) is 41.8 Å². The maximum atomic E-state index is 12.1. The smallest absolute Gasteiger partial charge is 0.414 e. The first-order valence-electron chi connectivity index (χ1n) is 7.72. The number of aliphatic carboxylic acids is 1. The number of hydrogen-bond donors (Lipinski definition) is 1. The van der Waals surface area contributed by atoms with Gasteiger partial charge in [-0.25, -0.2) is 9.59 Å². The van der Waals surface area contributed by atoms with E-state index in [0.29, 0.717) is 17.8 Å². The summed E-state index contributed by atoms with van der Waals surface area (Å²) in [5.74, 6) is -1.23. The van der Waals surface area contributed by atoms with Gasteiger partial charge in [-0.1, -0.05) is 0 Å². The zero-order valence-corrected chi connectivity index (χ0v) is 14.3. The van der Waals surface area contributed by atoms with E-state index in [0.717, 1.165) is 0 Å². The molecule has 7 nitrogen and oxygen atoms in total. The Labute approximate surface area is 140 Å². The Hall–Kier alpha value is -2.57. The summed E-state index contributed by atoms with van der Waals surface area (Å²) in [6.45, 7) is 5.35. The molecule has 0 saturated carbocycles. The molecule has 1 unspecified atom stereocenters. The van der Waals surface area contributed by atoms with Crippen LogP contribution in [0.1, 0.15) is 33.6 Å². The lowest BCUT2D eigenvalue weighted by molar-refractivity contribution is -0.138. The number of anilines is 2. The van der Waals surface area contributed by atoms with Crippen molar-refractivity contribution in [3.8, 4) is 0 Å². The second-order valence-electron chi connectivity index (χ2n) is 6.71. The highest BCUT2D eigenvalue weighted by atomic mass is 16.6. The fraction of sp³-hybridized carbons (Fsp3) is 0.471. The van der Waals surface area contributed by atoms with Crippen LogP contribution >= 0.6 is 0 Å². The molecule has 1 aliphatic rings. The van der Waals surface area contributed by atoms with Crippen LogP contribution < -0.4 is 9.80 Å². The second-order valence-corrected chi connectivity index (χ2v) is 6.71. The van der Waals surface area contributed by atoms with Crippen molar-refractivity contribution in [1.29, 1.82) is 0 Å². The van der Waals surface area contributed by atoms with Crippen molar-refractivity contribution in [2.75, 3.05) is 16.8 Å². The van der Waals surface area contributed by atoms with Gasteiger partial charge in [0.05, 0.1) is 0 Å². The van der Waals surface area contributed by atoms with E-state index in [4.69, 9.17) is 4.74 Å². The minimum atomic E-state index is -1.02. The van der Waals surface area contributed by atoms with Crippen LogP contribution in [0.3, 0.4) is 0 Å². The van der Waals surface area contributed by atoms with Gasteiger partial charge in [0.25, 0.3) is 0 Å². The summed E-state index contributed by atoms with van der Waals surface area (Å²) in [6.07, 6.45) is 0.0282. The number of carbonyl (C=O) groups excluding carboxylic acids is 2. The monoisotopic (exact) mass is 334 g/mol. The van der Waals surface area contributed by atoms with Crippen molar-refractivity contribution in [3.63, 3.8) is 0 Å². The molecular formula is C17H22N2O5. The number of carboxylic acids is 1. The standard InChI is InChI=1S/C17H22N2O5/c1-17(2,3)24-16(23)18(4)11-5-7-12(8-6-11)19-13(15(21)22)9-10-14(19)20/h5-8,13H,9-10H2,1-4H3,(H,21,22). The third kappa shape index (κ3) is 3.84. The zero-order chi connectivity index (χ0) is 18.1. The molecule has 1 atom stereocenters. The molecule has 0 radical (unpaired) electrons. The Morgan fingerprint density at radius 3 is 2.33 bits per heavy atom. The molecule has 1 aromatic carbocycles. The molecule has 24 heavy (non-hydrogen) atoms. The van der Waals surface area contributed by atoms with Crippen LogP contribution in [0.5, 0.6) is 0 Å². The van der Waals surface area contributed by atoms with Crippen LogP contribution in [0.15, 0.2) is 24.3 Å². The number of ether oxygens (including phenoxy) is 1. The summed E-state index contributed by atoms with van der Waals surface area (Å²) in [6, 6.07) is 5.74. The van der Waals surface area contributed by atoms with Gasteiger partial charge in [-0.2, -0.15) is 0 Å². The van der Waals surface area contributed by atoms with Crippen LogP contribution in [0.25, 0.3) is 0 Å². The highest BCUT2D eigenvalue weighted by Crippen LogP contribution is 2.29. The van der Waals surface area contributed by atoms with Gasteiger partial charge < -0.3 is 9.84 Å². The Bertz CT molecular complexity index is 648. The lowest BCUT2D eigenvalue weighted by atomic mass is 10.2. The minimum Gasteiger partial charge on any atom is -0.480 e. The summed E-state index contributed by atoms with van der Waals surface area (Å²) in [4.78, 5) is 37.9. The van der Waals surface area contributed by atoms with E-state index in [-0.39, 0.29) is 12.3 Å². The van der Waals surface area contributed by atoms with Gasteiger partial charge in [-0.15, -0.1) is 0 Å². The molecule has 130 valence electrons. The number of benzene rings is 1. The molecule has 7 heteroatoms. The van der Waals surface area contributed by atoms with Crippen molar-refractivity contribution < 1.29 is 24.2 Å². The number of nitrogens with zero attached hydrogens (tertiary/aromatic N) is 2. The van der Waals surface area contributed by atoms with Crippen LogP contribution in [0.4, 0.5) is 16.2 Å². The Kier molecular flexibility index (Phi) is 4.82. The summed E-state index contributed by atoms with van der Waals surface area (Å²) >= 11 is 0. The number of carboxylic acid groups (broad SMARTS) is 1. The molecule has 1 fully saturated rings. The van der Waals surface area contributed by atoms with Crippen molar-refractivity contribution >= 4 is 29.3 Å². The van der Waals surface area contributed by atoms with Crippen molar-refractivity contribution in [1.82, 2.24) is 0 Å². The molecule has 0 aromatic heterocycles. The maximum Gasteiger partial charge on any atom is 0.414 e. The van der Waals surface area contributed by atoms with Gasteiger partial charge in [-0.05, 0) is 51.5 Å². The van der Waals surface area contributed by atoms with Crippen LogP contribution in [-0.2, 0) is 14.3 Å². The summed E-state index contributed by atoms with van der Waals surface area (Å²) in [5, 5.41) is 9.22. The third-order valence-electron chi connectivity index (χ3n) is 3.68. The van der Waals surface area contributed by atoms with Crippen LogP contribution in [0.2, 0.25) is 0 Å². The van der Waals surface area contributed by atoms with E-state index in [1.54, 1.807) is 52.1 Å². The first kappa shape index (κ1) is 17.8. The predicted octanol–water partition coefficient (Wildman–Crippen LogP) is 2.64. The first-order valence-corrected chi connectivity index (χ1v) is 7.72. The molecular weight excluding hydrogens is 312 g/mol. The summed E-state index contributed by atoms with van der Waals surface area (Å²) in [5.41, 5.74) is 0.500. The fourth-order valence-electron chi connectivity index (χ4n) is 2.51. The van der Waals surface area contributed by atoms with E-state index in [1.165, 1.54) is 9.80 Å². The molecule has 1 heterocycles. The average molecular weight is 334 g/mol. The fourth-order valence-corrected chi connectivity index (χ4v) is 2.51. The van der Waals surface area contributed by atoms with E-state index in [9.17, 15) is 19.5 Å². The van der Waals surface area contributed by atoms with E-state index >= 15 is 0 Å². The molecule has 2 rings (SSSR count). The molecule has 0 aliphatic carbocycles. The molecule has 1 N–H and O–H groups in total. The highest BCUT2D eigenvalue weighted by molar-refractivity contribution is 6.02.